The monoisotopic (exact) mass is 548 g/mol. The predicted molar refractivity (Wildman–Crippen MR) is 158 cm³/mol. The number of hydrogen-bond acceptors (Lipinski definition) is 6. The summed E-state index contributed by atoms with van der Waals surface area (Å²) in [5.74, 6) is -1.36. The van der Waals surface area contributed by atoms with Crippen molar-refractivity contribution in [2.75, 3.05) is 4.90 Å². The van der Waals surface area contributed by atoms with Crippen LogP contribution in [0.3, 0.4) is 0 Å². The van der Waals surface area contributed by atoms with E-state index in [4.69, 9.17) is 4.65 Å². The smallest absolute Gasteiger partial charge is 0.455 e. The van der Waals surface area contributed by atoms with Crippen LogP contribution in [0.15, 0.2) is 90.1 Å². The average Bonchev–Trinajstić information content (AvgIpc) is 3.25. The molecule has 2 aliphatic heterocycles. The maximum atomic E-state index is 13.8. The molecule has 1 aliphatic carbocycles. The number of carbonyl (C=O) groups excluding carboxylic acids is 2. The van der Waals surface area contributed by atoms with E-state index in [1.807, 2.05) is 54.6 Å². The first kappa shape index (κ1) is 27.2. The Hall–Kier alpha value is -4.01. The van der Waals surface area contributed by atoms with Crippen LogP contribution in [0.5, 0.6) is 5.75 Å². The minimum absolute atomic E-state index is 0.156. The van der Waals surface area contributed by atoms with Crippen LogP contribution in [0.2, 0.25) is 6.32 Å². The molecule has 0 saturated carbocycles. The van der Waals surface area contributed by atoms with Crippen molar-refractivity contribution in [3.8, 4) is 5.75 Å². The third-order valence-electron chi connectivity index (χ3n) is 8.69. The van der Waals surface area contributed by atoms with Crippen LogP contribution in [0.4, 0.5) is 5.69 Å². The molecule has 0 radical (unpaired) electrons. The number of imide groups is 1. The maximum absolute atomic E-state index is 13.8. The van der Waals surface area contributed by atoms with Crippen LogP contribution in [0, 0.1) is 17.8 Å². The topological polar surface area (TPSA) is 100.0 Å². The van der Waals surface area contributed by atoms with E-state index in [2.05, 4.69) is 11.9 Å². The molecule has 8 heteroatoms. The van der Waals surface area contributed by atoms with E-state index >= 15 is 0 Å². The number of pyridine rings is 1. The van der Waals surface area contributed by atoms with Crippen molar-refractivity contribution in [3.05, 3.63) is 101 Å². The van der Waals surface area contributed by atoms with Gasteiger partial charge in [-0.05, 0) is 85.5 Å². The molecule has 0 spiro atoms. The lowest BCUT2D eigenvalue weighted by molar-refractivity contribution is -0.122. The SMILES string of the molecule is CCC1=C2[C@@H](CC/C(=C/c3ccccc3O)c3ccccn3)OB(O)C[C@@H]2[C@@H]2C(=O)N(c3ccccc3)C(=O)[C@@H]2C1. The first-order chi connectivity index (χ1) is 20.0. The summed E-state index contributed by atoms with van der Waals surface area (Å²) in [4.78, 5) is 33.3. The minimum Gasteiger partial charge on any atom is -0.507 e. The number of benzene rings is 2. The Bertz CT molecular complexity index is 1510. The van der Waals surface area contributed by atoms with Crippen molar-refractivity contribution in [1.29, 1.82) is 0 Å². The third-order valence-corrected chi connectivity index (χ3v) is 8.69. The number of phenolic OH excluding ortho intramolecular Hbond substituents is 1. The molecule has 2 fully saturated rings. The molecule has 2 saturated heterocycles. The largest absolute Gasteiger partial charge is 0.507 e. The van der Waals surface area contributed by atoms with Crippen molar-refractivity contribution in [2.45, 2.75) is 45.0 Å². The van der Waals surface area contributed by atoms with Gasteiger partial charge in [-0.3, -0.25) is 19.5 Å². The first-order valence-corrected chi connectivity index (χ1v) is 14.3. The summed E-state index contributed by atoms with van der Waals surface area (Å²) in [5.41, 5.74) is 5.23. The minimum atomic E-state index is -1.03. The highest BCUT2D eigenvalue weighted by Crippen LogP contribution is 2.52. The molecule has 4 atom stereocenters. The normalized spacial score (nSPS) is 24.5. The lowest BCUT2D eigenvalue weighted by atomic mass is 9.58. The molecule has 3 heterocycles. The summed E-state index contributed by atoms with van der Waals surface area (Å²) >= 11 is 0. The van der Waals surface area contributed by atoms with Gasteiger partial charge in [0.05, 0.1) is 29.3 Å². The van der Waals surface area contributed by atoms with Gasteiger partial charge in [-0.25, -0.2) is 0 Å². The summed E-state index contributed by atoms with van der Waals surface area (Å²) in [6.07, 6.45) is 5.99. The summed E-state index contributed by atoms with van der Waals surface area (Å²) < 4.78 is 6.16. The Morgan fingerprint density at radius 3 is 2.51 bits per heavy atom. The summed E-state index contributed by atoms with van der Waals surface area (Å²) in [5, 5.41) is 21.3. The van der Waals surface area contributed by atoms with Gasteiger partial charge in [-0.15, -0.1) is 0 Å². The number of nitrogens with zero attached hydrogens (tertiary/aromatic N) is 2. The third kappa shape index (κ3) is 5.14. The van der Waals surface area contributed by atoms with Gasteiger partial charge in [0.1, 0.15) is 5.75 Å². The van der Waals surface area contributed by atoms with Crippen LogP contribution in [0.1, 0.15) is 43.9 Å². The number of para-hydroxylation sites is 2. The molecule has 0 unspecified atom stereocenters. The fourth-order valence-electron chi connectivity index (χ4n) is 6.85. The van der Waals surface area contributed by atoms with Gasteiger partial charge in [0.25, 0.3) is 0 Å². The Morgan fingerprint density at radius 1 is 1.02 bits per heavy atom. The standard InChI is InChI=1S/C33H33BN2O5/c1-2-21-19-25-31(33(39)36(32(25)38)24-11-4-3-5-12-24)26-20-34(40)41-29(30(21)26)16-15-22(27-13-8-9-17-35-27)18-23-10-6-7-14-28(23)37/h3-14,17-18,25-26,29,31,37,40H,2,15-16,19-20H2,1H3/b22-18-/t25-,26+,29-,31-/m1/s1. The highest BCUT2D eigenvalue weighted by atomic mass is 16.5. The fraction of sp³-hybridized carbons (Fsp3) is 0.303. The van der Waals surface area contributed by atoms with E-state index < -0.39 is 25.1 Å². The van der Waals surface area contributed by atoms with Gasteiger partial charge in [0, 0.05) is 11.8 Å². The Labute approximate surface area is 240 Å². The second-order valence-corrected chi connectivity index (χ2v) is 11.0. The maximum Gasteiger partial charge on any atom is 0.455 e. The highest BCUT2D eigenvalue weighted by molar-refractivity contribution is 6.43. The van der Waals surface area contributed by atoms with Gasteiger partial charge in [0.15, 0.2) is 0 Å². The van der Waals surface area contributed by atoms with Crippen molar-refractivity contribution in [1.82, 2.24) is 4.98 Å². The second kappa shape index (κ2) is 11.5. The molecule has 3 aliphatic rings. The zero-order valence-corrected chi connectivity index (χ0v) is 23.0. The summed E-state index contributed by atoms with van der Waals surface area (Å²) in [6, 6.07) is 22.0. The molecule has 2 N–H and O–H groups in total. The number of aromatic nitrogens is 1. The molecule has 2 aromatic carbocycles. The summed E-state index contributed by atoms with van der Waals surface area (Å²) in [7, 11) is -1.03. The van der Waals surface area contributed by atoms with E-state index in [0.29, 0.717) is 36.8 Å². The lowest BCUT2D eigenvalue weighted by Gasteiger charge is -2.43. The molecule has 41 heavy (non-hydrogen) atoms. The number of anilines is 1. The van der Waals surface area contributed by atoms with Crippen molar-refractivity contribution < 1.29 is 24.4 Å². The van der Waals surface area contributed by atoms with Gasteiger partial charge in [0.2, 0.25) is 11.8 Å². The van der Waals surface area contributed by atoms with Crippen LogP contribution < -0.4 is 4.90 Å². The second-order valence-electron chi connectivity index (χ2n) is 11.0. The zero-order chi connectivity index (χ0) is 28.5. The van der Waals surface area contributed by atoms with E-state index in [-0.39, 0.29) is 23.5 Å². The van der Waals surface area contributed by atoms with Crippen LogP contribution in [-0.4, -0.2) is 40.2 Å². The van der Waals surface area contributed by atoms with E-state index in [0.717, 1.165) is 28.8 Å². The van der Waals surface area contributed by atoms with Crippen LogP contribution in [0.25, 0.3) is 11.6 Å². The van der Waals surface area contributed by atoms with E-state index in [1.54, 1.807) is 30.5 Å². The van der Waals surface area contributed by atoms with E-state index in [1.165, 1.54) is 4.90 Å². The molecule has 1 aromatic heterocycles. The Morgan fingerprint density at radius 2 is 1.78 bits per heavy atom. The van der Waals surface area contributed by atoms with Crippen LogP contribution >= 0.6 is 0 Å². The molecular weight excluding hydrogens is 515 g/mol. The fourth-order valence-corrected chi connectivity index (χ4v) is 6.85. The lowest BCUT2D eigenvalue weighted by Crippen LogP contribution is -2.46. The van der Waals surface area contributed by atoms with Gasteiger partial charge >= 0.3 is 7.12 Å². The zero-order valence-electron chi connectivity index (χ0n) is 23.0. The summed E-state index contributed by atoms with van der Waals surface area (Å²) in [6.45, 7) is 2.08. The van der Waals surface area contributed by atoms with Gasteiger partial charge < -0.3 is 14.8 Å². The first-order valence-electron chi connectivity index (χ1n) is 14.3. The van der Waals surface area contributed by atoms with Crippen molar-refractivity contribution >= 4 is 36.3 Å². The molecule has 7 nitrogen and oxygen atoms in total. The molecule has 3 aromatic rings. The van der Waals surface area contributed by atoms with Crippen LogP contribution in [-0.2, 0) is 14.2 Å². The number of carbonyl (C=O) groups is 2. The average molecular weight is 548 g/mol. The molecule has 0 bridgehead atoms. The highest BCUT2D eigenvalue weighted by Gasteiger charge is 2.57. The number of amides is 2. The van der Waals surface area contributed by atoms with E-state index in [9.17, 15) is 19.7 Å². The number of allylic oxidation sites excluding steroid dienone is 2. The molecule has 6 rings (SSSR count). The molecule has 2 amide bonds. The molecule has 208 valence electrons. The van der Waals surface area contributed by atoms with Crippen molar-refractivity contribution in [3.63, 3.8) is 0 Å². The van der Waals surface area contributed by atoms with Crippen molar-refractivity contribution in [2.24, 2.45) is 17.8 Å². The predicted octanol–water partition coefficient (Wildman–Crippen LogP) is 5.52. The Kier molecular flexibility index (Phi) is 7.60. The van der Waals surface area contributed by atoms with Gasteiger partial charge in [-0.1, -0.05) is 55.0 Å². The number of rotatable bonds is 7. The number of fused-ring (bicyclic) bond motifs is 3. The number of aromatic hydroxyl groups is 1. The number of phenols is 1. The Balaban J connectivity index is 1.32. The quantitative estimate of drug-likeness (QED) is 0.229. The van der Waals surface area contributed by atoms with Gasteiger partial charge in [-0.2, -0.15) is 0 Å². The molecular formula is C33H33BN2O5. The number of hydrogen-bond donors (Lipinski definition) is 2.